The van der Waals surface area contributed by atoms with Gasteiger partial charge in [-0.05, 0) is 63.4 Å². The topological polar surface area (TPSA) is 75.5 Å². The van der Waals surface area contributed by atoms with Gasteiger partial charge in [-0.25, -0.2) is 9.67 Å². The van der Waals surface area contributed by atoms with Gasteiger partial charge in [-0.1, -0.05) is 12.1 Å². The second-order valence-corrected chi connectivity index (χ2v) is 9.48. The molecule has 1 aliphatic carbocycles. The summed E-state index contributed by atoms with van der Waals surface area (Å²) in [5.74, 6) is 1.38. The van der Waals surface area contributed by atoms with Gasteiger partial charge in [-0.15, -0.1) is 10.2 Å². The Labute approximate surface area is 197 Å². The number of aryl methyl sites for hydroxylation is 2. The Morgan fingerprint density at radius 2 is 1.91 bits per heavy atom. The molecule has 3 aromatic heterocycles. The Morgan fingerprint density at radius 1 is 1.09 bits per heavy atom. The van der Waals surface area contributed by atoms with Crippen LogP contribution in [0.25, 0.3) is 33.7 Å². The van der Waals surface area contributed by atoms with Crippen LogP contribution in [0.5, 0.6) is 0 Å². The molecule has 6 rings (SSSR count). The van der Waals surface area contributed by atoms with E-state index in [4.69, 9.17) is 0 Å². The molecule has 0 N–H and O–H groups in total. The van der Waals surface area contributed by atoms with Crippen LogP contribution in [0.4, 0.5) is 0 Å². The van der Waals surface area contributed by atoms with E-state index in [9.17, 15) is 4.79 Å². The first kappa shape index (κ1) is 20.7. The fourth-order valence-electron chi connectivity index (χ4n) is 4.71. The quantitative estimate of drug-likeness (QED) is 0.392. The highest BCUT2D eigenvalue weighted by molar-refractivity contribution is 5.83. The molecule has 0 spiro atoms. The lowest BCUT2D eigenvalue weighted by Gasteiger charge is -2.12. The summed E-state index contributed by atoms with van der Waals surface area (Å²) in [4.78, 5) is 18.2. The summed E-state index contributed by atoms with van der Waals surface area (Å²) >= 11 is 0. The molecule has 5 aromatic rings. The summed E-state index contributed by atoms with van der Waals surface area (Å²) < 4.78 is 7.71. The molecule has 2 aromatic carbocycles. The maximum Gasteiger partial charge on any atom is 0.279 e. The van der Waals surface area contributed by atoms with Crippen LogP contribution in [0.1, 0.15) is 49.9 Å². The van der Waals surface area contributed by atoms with E-state index in [1.54, 1.807) is 11.0 Å². The third-order valence-corrected chi connectivity index (χ3v) is 6.74. The third-order valence-electron chi connectivity index (χ3n) is 6.74. The summed E-state index contributed by atoms with van der Waals surface area (Å²) in [5.41, 5.74) is 5.77. The van der Waals surface area contributed by atoms with Gasteiger partial charge in [0.05, 0.1) is 34.3 Å². The fraction of sp³-hybridized carbons (Fsp3) is 0.308. The Kier molecular flexibility index (Phi) is 4.58. The predicted molar refractivity (Wildman–Crippen MR) is 132 cm³/mol. The van der Waals surface area contributed by atoms with Crippen LogP contribution in [0, 0.1) is 6.92 Å². The first-order valence-corrected chi connectivity index (χ1v) is 11.7. The number of fused-ring (bicyclic) bond motifs is 1. The van der Waals surface area contributed by atoms with Crippen molar-refractivity contribution in [1.82, 2.24) is 33.7 Å². The summed E-state index contributed by atoms with van der Waals surface area (Å²) in [6, 6.07) is 12.2. The van der Waals surface area contributed by atoms with Crippen molar-refractivity contribution in [3.63, 3.8) is 0 Å². The molecule has 8 heteroatoms. The van der Waals surface area contributed by atoms with Crippen LogP contribution in [0.3, 0.4) is 0 Å². The molecule has 0 bridgehead atoms. The van der Waals surface area contributed by atoms with Crippen LogP contribution in [-0.2, 0) is 7.05 Å². The molecule has 0 amide bonds. The summed E-state index contributed by atoms with van der Waals surface area (Å²) in [7, 11) is 1.93. The van der Waals surface area contributed by atoms with E-state index in [1.165, 1.54) is 12.8 Å². The highest BCUT2D eigenvalue weighted by Crippen LogP contribution is 2.39. The average Bonchev–Trinajstić information content (AvgIpc) is 3.26. The summed E-state index contributed by atoms with van der Waals surface area (Å²) in [6.45, 7) is 6.27. The SMILES string of the molecule is Cc1cc2c(cc1-n1cnc(C3CC3)c1)c(=O)n(-c1cccc(-c3nncn3C(C)C)c1)n2C. The highest BCUT2D eigenvalue weighted by atomic mass is 16.1. The van der Waals surface area contributed by atoms with Gasteiger partial charge in [-0.3, -0.25) is 9.48 Å². The normalized spacial score (nSPS) is 13.9. The standard InChI is InChI=1S/C26H27N7O/c1-16(2)32-15-28-29-25(32)19-6-5-7-20(11-19)33-26(34)21-12-23(17(3)10-24(21)30(33)4)31-13-22(27-14-31)18-8-9-18/h5-7,10-16,18H,8-9H2,1-4H3. The third kappa shape index (κ3) is 3.21. The van der Waals surface area contributed by atoms with Crippen LogP contribution < -0.4 is 5.56 Å². The summed E-state index contributed by atoms with van der Waals surface area (Å²) in [5, 5.41) is 9.09. The maximum absolute atomic E-state index is 13.6. The minimum atomic E-state index is -0.0521. The smallest absolute Gasteiger partial charge is 0.279 e. The van der Waals surface area contributed by atoms with Crippen molar-refractivity contribution in [3.05, 3.63) is 76.9 Å². The molecule has 1 saturated carbocycles. The van der Waals surface area contributed by atoms with Gasteiger partial charge in [0.2, 0.25) is 0 Å². The predicted octanol–water partition coefficient (Wildman–Crippen LogP) is 4.54. The van der Waals surface area contributed by atoms with Crippen LogP contribution >= 0.6 is 0 Å². The molecule has 0 aliphatic heterocycles. The lowest BCUT2D eigenvalue weighted by atomic mass is 10.1. The van der Waals surface area contributed by atoms with Crippen molar-refractivity contribution in [2.45, 2.75) is 45.6 Å². The number of hydrogen-bond acceptors (Lipinski definition) is 4. The van der Waals surface area contributed by atoms with Gasteiger partial charge < -0.3 is 9.13 Å². The Morgan fingerprint density at radius 3 is 2.68 bits per heavy atom. The molecule has 1 aliphatic rings. The number of imidazole rings is 1. The van der Waals surface area contributed by atoms with E-state index in [0.717, 1.165) is 39.5 Å². The van der Waals surface area contributed by atoms with Crippen molar-refractivity contribution in [2.75, 3.05) is 0 Å². The average molecular weight is 454 g/mol. The fourth-order valence-corrected chi connectivity index (χ4v) is 4.71. The zero-order valence-electron chi connectivity index (χ0n) is 19.8. The molecule has 1 fully saturated rings. The second-order valence-electron chi connectivity index (χ2n) is 9.48. The van der Waals surface area contributed by atoms with Gasteiger partial charge in [0.25, 0.3) is 5.56 Å². The van der Waals surface area contributed by atoms with Gasteiger partial charge in [-0.2, -0.15) is 0 Å². The molecule has 0 atom stereocenters. The second kappa shape index (κ2) is 7.55. The Balaban J connectivity index is 1.48. The van der Waals surface area contributed by atoms with Crippen molar-refractivity contribution in [2.24, 2.45) is 7.05 Å². The van der Waals surface area contributed by atoms with E-state index in [-0.39, 0.29) is 11.6 Å². The minimum Gasteiger partial charge on any atom is -0.311 e. The molecular formula is C26H27N7O. The molecular weight excluding hydrogens is 426 g/mol. The van der Waals surface area contributed by atoms with Crippen LogP contribution in [0.2, 0.25) is 0 Å². The largest absolute Gasteiger partial charge is 0.311 e. The number of rotatable bonds is 5. The first-order chi connectivity index (χ1) is 16.4. The van der Waals surface area contributed by atoms with Crippen molar-refractivity contribution in [3.8, 4) is 22.8 Å². The van der Waals surface area contributed by atoms with E-state index < -0.39 is 0 Å². The number of hydrogen-bond donors (Lipinski definition) is 0. The minimum absolute atomic E-state index is 0.0521. The van der Waals surface area contributed by atoms with Crippen LogP contribution in [-0.4, -0.2) is 33.7 Å². The van der Waals surface area contributed by atoms with E-state index in [1.807, 2.05) is 57.5 Å². The first-order valence-electron chi connectivity index (χ1n) is 11.7. The monoisotopic (exact) mass is 453 g/mol. The summed E-state index contributed by atoms with van der Waals surface area (Å²) in [6.07, 6.45) is 8.12. The molecule has 8 nitrogen and oxygen atoms in total. The van der Waals surface area contributed by atoms with Crippen LogP contribution in [0.15, 0.2) is 60.0 Å². The van der Waals surface area contributed by atoms with Gasteiger partial charge in [0.15, 0.2) is 5.82 Å². The molecule has 34 heavy (non-hydrogen) atoms. The van der Waals surface area contributed by atoms with Crippen molar-refractivity contribution >= 4 is 10.9 Å². The number of nitrogens with zero attached hydrogens (tertiary/aromatic N) is 7. The van der Waals surface area contributed by atoms with Crippen molar-refractivity contribution in [1.29, 1.82) is 0 Å². The zero-order valence-corrected chi connectivity index (χ0v) is 19.8. The molecule has 0 saturated heterocycles. The zero-order chi connectivity index (χ0) is 23.6. The maximum atomic E-state index is 13.6. The van der Waals surface area contributed by atoms with E-state index in [2.05, 4.69) is 48.2 Å². The van der Waals surface area contributed by atoms with E-state index in [0.29, 0.717) is 11.3 Å². The molecule has 0 unspecified atom stereocenters. The highest BCUT2D eigenvalue weighted by Gasteiger charge is 2.26. The van der Waals surface area contributed by atoms with Gasteiger partial charge >= 0.3 is 0 Å². The Bertz CT molecular complexity index is 1590. The lowest BCUT2D eigenvalue weighted by Crippen LogP contribution is -2.19. The molecule has 0 radical (unpaired) electrons. The number of aromatic nitrogens is 7. The number of benzene rings is 2. The van der Waals surface area contributed by atoms with Crippen molar-refractivity contribution < 1.29 is 0 Å². The Hall–Kier alpha value is -3.94. The van der Waals surface area contributed by atoms with Gasteiger partial charge in [0, 0.05) is 30.8 Å². The van der Waals surface area contributed by atoms with Gasteiger partial charge in [0.1, 0.15) is 6.33 Å². The lowest BCUT2D eigenvalue weighted by molar-refractivity contribution is 0.604. The van der Waals surface area contributed by atoms with E-state index >= 15 is 0 Å². The molecule has 3 heterocycles. The molecule has 172 valence electrons.